The van der Waals surface area contributed by atoms with Gasteiger partial charge in [-0.25, -0.2) is 9.97 Å². The van der Waals surface area contributed by atoms with E-state index in [1.165, 1.54) is 6.07 Å². The van der Waals surface area contributed by atoms with Crippen molar-refractivity contribution in [2.24, 2.45) is 0 Å². The number of halogens is 3. The number of methoxy groups -OCH3 is 1. The van der Waals surface area contributed by atoms with Gasteiger partial charge in [-0.15, -0.1) is 0 Å². The molecule has 194 valence electrons. The van der Waals surface area contributed by atoms with E-state index in [4.69, 9.17) is 10.5 Å². The van der Waals surface area contributed by atoms with E-state index in [-0.39, 0.29) is 17.8 Å². The van der Waals surface area contributed by atoms with Crippen LogP contribution in [-0.2, 0) is 10.9 Å². The Balaban J connectivity index is 1.70. The Morgan fingerprint density at radius 1 is 1.06 bits per heavy atom. The van der Waals surface area contributed by atoms with Gasteiger partial charge in [-0.1, -0.05) is 0 Å². The number of fused-ring (bicyclic) bond motifs is 1. The summed E-state index contributed by atoms with van der Waals surface area (Å²) in [5, 5.41) is 7.21. The smallest absolute Gasteiger partial charge is 0.399 e. The number of pyridine rings is 1. The first-order valence-corrected chi connectivity index (χ1v) is 12.0. The van der Waals surface area contributed by atoms with Gasteiger partial charge in [0, 0.05) is 37.3 Å². The van der Waals surface area contributed by atoms with Crippen LogP contribution in [0.3, 0.4) is 0 Å². The Bertz CT molecular complexity index is 1210. The summed E-state index contributed by atoms with van der Waals surface area (Å²) in [6.45, 7) is 7.34. The summed E-state index contributed by atoms with van der Waals surface area (Å²) >= 11 is 0. The molecular weight excluding hydrogens is 471 g/mol. The van der Waals surface area contributed by atoms with Crippen molar-refractivity contribution in [1.82, 2.24) is 15.0 Å². The topological polar surface area (TPSA) is 101 Å². The number of piperidine rings is 1. The van der Waals surface area contributed by atoms with Crippen molar-refractivity contribution in [2.45, 2.75) is 58.0 Å². The van der Waals surface area contributed by atoms with E-state index in [0.717, 1.165) is 49.3 Å². The molecular formula is C25H32F3N7O. The van der Waals surface area contributed by atoms with E-state index in [0.29, 0.717) is 22.8 Å². The molecule has 4 rings (SSSR count). The molecule has 4 N–H and O–H groups in total. The standard InChI is InChI=1S/C25H32F3N7O/c1-14(2)31-24-33-21-13-30-22(35-7-5-19(36-4)6-8-35)12-20(21)23(34-24)32-15(3)16-9-17(25(26,27)28)11-18(29)10-16/h9-15,19H,5-8,29H2,1-4H3,(H2,31,32,33,34). The number of nitrogens with one attached hydrogen (secondary N) is 2. The van der Waals surface area contributed by atoms with E-state index in [9.17, 15) is 13.2 Å². The molecule has 2 aromatic heterocycles. The minimum atomic E-state index is -4.49. The molecule has 0 bridgehead atoms. The van der Waals surface area contributed by atoms with Gasteiger partial charge in [-0.2, -0.15) is 18.2 Å². The highest BCUT2D eigenvalue weighted by Crippen LogP contribution is 2.34. The molecule has 1 unspecified atom stereocenters. The van der Waals surface area contributed by atoms with Gasteiger partial charge in [0.15, 0.2) is 0 Å². The molecule has 1 aliphatic heterocycles. The number of nitrogens with two attached hydrogens (primary N) is 1. The Hall–Kier alpha value is -3.34. The first-order valence-electron chi connectivity index (χ1n) is 12.0. The van der Waals surface area contributed by atoms with Gasteiger partial charge >= 0.3 is 6.18 Å². The number of ether oxygens (including phenoxy) is 1. The predicted octanol–water partition coefficient (Wildman–Crippen LogP) is 5.23. The van der Waals surface area contributed by atoms with Crippen LogP contribution in [0.2, 0.25) is 0 Å². The van der Waals surface area contributed by atoms with Crippen LogP contribution in [-0.4, -0.2) is 47.3 Å². The molecule has 3 aromatic rings. The monoisotopic (exact) mass is 503 g/mol. The quantitative estimate of drug-likeness (QED) is 0.377. The van der Waals surface area contributed by atoms with Gasteiger partial charge in [0.25, 0.3) is 0 Å². The largest absolute Gasteiger partial charge is 0.416 e. The summed E-state index contributed by atoms with van der Waals surface area (Å²) in [4.78, 5) is 16.1. The van der Waals surface area contributed by atoms with Crippen molar-refractivity contribution < 1.29 is 17.9 Å². The fraction of sp³-hybridized carbons (Fsp3) is 0.480. The zero-order valence-corrected chi connectivity index (χ0v) is 20.9. The molecule has 0 spiro atoms. The van der Waals surface area contributed by atoms with Crippen molar-refractivity contribution in [3.05, 3.63) is 41.6 Å². The van der Waals surface area contributed by atoms with Crippen LogP contribution in [0.4, 0.5) is 36.4 Å². The number of nitrogen functional groups attached to an aromatic ring is 1. The lowest BCUT2D eigenvalue weighted by atomic mass is 10.0. The van der Waals surface area contributed by atoms with Crippen LogP contribution in [0.25, 0.3) is 10.9 Å². The second kappa shape index (κ2) is 10.3. The lowest BCUT2D eigenvalue weighted by molar-refractivity contribution is -0.137. The number of benzene rings is 1. The normalized spacial score (nSPS) is 15.9. The second-order valence-corrected chi connectivity index (χ2v) is 9.43. The number of hydrogen-bond acceptors (Lipinski definition) is 8. The summed E-state index contributed by atoms with van der Waals surface area (Å²) in [5.41, 5.74) is 6.09. The molecule has 1 aliphatic rings. The molecule has 11 heteroatoms. The highest BCUT2D eigenvalue weighted by Gasteiger charge is 2.31. The second-order valence-electron chi connectivity index (χ2n) is 9.43. The highest BCUT2D eigenvalue weighted by atomic mass is 19.4. The average Bonchev–Trinajstić information content (AvgIpc) is 2.82. The zero-order valence-electron chi connectivity index (χ0n) is 20.9. The lowest BCUT2D eigenvalue weighted by Crippen LogP contribution is -2.37. The van der Waals surface area contributed by atoms with Gasteiger partial charge in [-0.05, 0) is 63.4 Å². The average molecular weight is 504 g/mol. The van der Waals surface area contributed by atoms with E-state index >= 15 is 0 Å². The Kier molecular flexibility index (Phi) is 7.39. The number of rotatable bonds is 7. The third-order valence-electron chi connectivity index (χ3n) is 6.24. The Morgan fingerprint density at radius 2 is 1.78 bits per heavy atom. The van der Waals surface area contributed by atoms with E-state index in [1.807, 2.05) is 19.9 Å². The number of hydrogen-bond donors (Lipinski definition) is 3. The number of nitrogens with zero attached hydrogens (tertiary/aromatic N) is 4. The van der Waals surface area contributed by atoms with Crippen LogP contribution in [0.5, 0.6) is 0 Å². The molecule has 1 fully saturated rings. The summed E-state index contributed by atoms with van der Waals surface area (Å²) < 4.78 is 45.6. The van der Waals surface area contributed by atoms with Crippen molar-refractivity contribution >= 4 is 34.2 Å². The maximum Gasteiger partial charge on any atom is 0.416 e. The summed E-state index contributed by atoms with van der Waals surface area (Å²) in [6, 6.07) is 5.09. The van der Waals surface area contributed by atoms with Gasteiger partial charge in [0.05, 0.1) is 29.4 Å². The minimum Gasteiger partial charge on any atom is -0.399 e. The molecule has 8 nitrogen and oxygen atoms in total. The molecule has 0 amide bonds. The van der Waals surface area contributed by atoms with Crippen molar-refractivity contribution in [1.29, 1.82) is 0 Å². The van der Waals surface area contributed by atoms with Crippen LogP contribution in [0, 0.1) is 0 Å². The third-order valence-corrected chi connectivity index (χ3v) is 6.24. The lowest BCUT2D eigenvalue weighted by Gasteiger charge is -2.32. The van der Waals surface area contributed by atoms with Gasteiger partial charge in [0.1, 0.15) is 11.6 Å². The zero-order chi connectivity index (χ0) is 26.0. The fourth-order valence-electron chi connectivity index (χ4n) is 4.33. The summed E-state index contributed by atoms with van der Waals surface area (Å²) in [6.07, 6.45) is -0.728. The summed E-state index contributed by atoms with van der Waals surface area (Å²) in [7, 11) is 1.73. The van der Waals surface area contributed by atoms with Crippen LogP contribution in [0.1, 0.15) is 50.8 Å². The number of aromatic nitrogens is 3. The van der Waals surface area contributed by atoms with Gasteiger partial charge in [-0.3, -0.25) is 0 Å². The minimum absolute atomic E-state index is 0.0501. The molecule has 0 saturated carbocycles. The molecule has 36 heavy (non-hydrogen) atoms. The molecule has 1 aromatic carbocycles. The van der Waals surface area contributed by atoms with Crippen molar-refractivity contribution in [2.75, 3.05) is 41.5 Å². The summed E-state index contributed by atoms with van der Waals surface area (Å²) in [5.74, 6) is 1.71. The fourth-order valence-corrected chi connectivity index (χ4v) is 4.33. The van der Waals surface area contributed by atoms with Crippen LogP contribution < -0.4 is 21.3 Å². The molecule has 1 saturated heterocycles. The maximum atomic E-state index is 13.4. The molecule has 0 aliphatic carbocycles. The van der Waals surface area contributed by atoms with E-state index < -0.39 is 17.8 Å². The van der Waals surface area contributed by atoms with E-state index in [1.54, 1.807) is 20.2 Å². The van der Waals surface area contributed by atoms with Gasteiger partial charge < -0.3 is 26.0 Å². The first-order chi connectivity index (χ1) is 17.0. The Labute approximate surface area is 208 Å². The first kappa shape index (κ1) is 25.7. The third kappa shape index (κ3) is 5.89. The molecule has 3 heterocycles. The number of alkyl halides is 3. The van der Waals surface area contributed by atoms with Crippen LogP contribution >= 0.6 is 0 Å². The van der Waals surface area contributed by atoms with Crippen LogP contribution in [0.15, 0.2) is 30.5 Å². The predicted molar refractivity (Wildman–Crippen MR) is 136 cm³/mol. The van der Waals surface area contributed by atoms with Crippen molar-refractivity contribution in [3.8, 4) is 0 Å². The SMILES string of the molecule is COC1CCN(c2cc3c(NC(C)c4cc(N)cc(C(F)(F)F)c4)nc(NC(C)C)nc3cn2)CC1. The van der Waals surface area contributed by atoms with Crippen molar-refractivity contribution in [3.63, 3.8) is 0 Å². The maximum absolute atomic E-state index is 13.4. The van der Waals surface area contributed by atoms with Gasteiger partial charge in [0.2, 0.25) is 5.95 Å². The molecule has 0 radical (unpaired) electrons. The number of anilines is 4. The highest BCUT2D eigenvalue weighted by molar-refractivity contribution is 5.91. The van der Waals surface area contributed by atoms with E-state index in [2.05, 4.69) is 30.5 Å². The molecule has 1 atom stereocenters. The Morgan fingerprint density at radius 3 is 2.42 bits per heavy atom.